The number of hydrogen-bond acceptors (Lipinski definition) is 3. The Kier molecular flexibility index (Phi) is 5.71. The van der Waals surface area contributed by atoms with Crippen LogP contribution in [0.1, 0.15) is 27.6 Å². The van der Waals surface area contributed by atoms with E-state index in [1.165, 1.54) is 6.26 Å². The first-order chi connectivity index (χ1) is 14.7. The van der Waals surface area contributed by atoms with Gasteiger partial charge in [-0.05, 0) is 47.5 Å². The maximum Gasteiger partial charge on any atom is 0.291 e. The van der Waals surface area contributed by atoms with E-state index in [-0.39, 0.29) is 17.6 Å². The summed E-state index contributed by atoms with van der Waals surface area (Å²) in [6.07, 6.45) is 1.45. The van der Waals surface area contributed by atoms with Crippen LogP contribution < -0.4 is 10.6 Å². The maximum atomic E-state index is 13.1. The predicted molar refractivity (Wildman–Crippen MR) is 116 cm³/mol. The fourth-order valence-electron chi connectivity index (χ4n) is 3.24. The van der Waals surface area contributed by atoms with E-state index in [4.69, 9.17) is 4.42 Å². The summed E-state index contributed by atoms with van der Waals surface area (Å²) >= 11 is 0. The van der Waals surface area contributed by atoms with Gasteiger partial charge in [0.1, 0.15) is 0 Å². The molecule has 0 saturated heterocycles. The Morgan fingerprint density at radius 2 is 1.17 bits per heavy atom. The van der Waals surface area contributed by atoms with Crippen LogP contribution in [0.5, 0.6) is 0 Å². The molecule has 0 aliphatic carbocycles. The monoisotopic (exact) mass is 396 g/mol. The lowest BCUT2D eigenvalue weighted by molar-refractivity contribution is -0.116. The average molecular weight is 396 g/mol. The first-order valence-electron chi connectivity index (χ1n) is 9.56. The number of anilines is 2. The van der Waals surface area contributed by atoms with Crippen molar-refractivity contribution in [3.8, 4) is 0 Å². The lowest BCUT2D eigenvalue weighted by Gasteiger charge is -2.18. The van der Waals surface area contributed by atoms with Gasteiger partial charge in [0.05, 0.1) is 12.2 Å². The number of carbonyl (C=O) groups excluding carboxylic acids is 2. The maximum absolute atomic E-state index is 13.1. The van der Waals surface area contributed by atoms with Crippen molar-refractivity contribution in [3.05, 3.63) is 120 Å². The molecule has 0 aliphatic rings. The Labute approximate surface area is 174 Å². The smallest absolute Gasteiger partial charge is 0.291 e. The van der Waals surface area contributed by atoms with Crippen LogP contribution in [0, 0.1) is 0 Å². The molecule has 3 aromatic carbocycles. The van der Waals surface area contributed by atoms with E-state index in [2.05, 4.69) is 10.6 Å². The van der Waals surface area contributed by atoms with Crippen LogP contribution in [-0.4, -0.2) is 11.8 Å². The molecule has 0 radical (unpaired) electrons. The lowest BCUT2D eigenvalue weighted by atomic mass is 9.90. The molecule has 5 heteroatoms. The van der Waals surface area contributed by atoms with Crippen LogP contribution >= 0.6 is 0 Å². The Morgan fingerprint density at radius 3 is 1.67 bits per heavy atom. The van der Waals surface area contributed by atoms with Crippen molar-refractivity contribution in [1.29, 1.82) is 0 Å². The van der Waals surface area contributed by atoms with Crippen LogP contribution in [0.2, 0.25) is 0 Å². The summed E-state index contributed by atoms with van der Waals surface area (Å²) in [5, 5.41) is 5.73. The van der Waals surface area contributed by atoms with Gasteiger partial charge in [0.15, 0.2) is 5.76 Å². The molecular formula is C25H20N2O3. The highest BCUT2D eigenvalue weighted by Crippen LogP contribution is 2.26. The quantitative estimate of drug-likeness (QED) is 0.464. The van der Waals surface area contributed by atoms with Crippen molar-refractivity contribution >= 4 is 23.2 Å². The van der Waals surface area contributed by atoms with Crippen molar-refractivity contribution in [2.45, 2.75) is 5.92 Å². The van der Waals surface area contributed by atoms with Crippen molar-refractivity contribution < 1.29 is 14.0 Å². The van der Waals surface area contributed by atoms with Crippen molar-refractivity contribution in [2.24, 2.45) is 0 Å². The number of carbonyl (C=O) groups is 2. The normalized spacial score (nSPS) is 10.6. The van der Waals surface area contributed by atoms with Crippen LogP contribution in [0.25, 0.3) is 0 Å². The highest BCUT2D eigenvalue weighted by atomic mass is 16.3. The number of furan rings is 1. The zero-order chi connectivity index (χ0) is 20.8. The largest absolute Gasteiger partial charge is 0.459 e. The van der Waals surface area contributed by atoms with Crippen LogP contribution in [0.4, 0.5) is 11.4 Å². The van der Waals surface area contributed by atoms with E-state index >= 15 is 0 Å². The van der Waals surface area contributed by atoms with Gasteiger partial charge in [-0.2, -0.15) is 0 Å². The molecule has 4 aromatic rings. The zero-order valence-electron chi connectivity index (χ0n) is 16.1. The van der Waals surface area contributed by atoms with Gasteiger partial charge in [-0.25, -0.2) is 0 Å². The minimum atomic E-state index is -0.425. The molecular weight excluding hydrogens is 376 g/mol. The van der Waals surface area contributed by atoms with Crippen LogP contribution in [0.3, 0.4) is 0 Å². The Bertz CT molecular complexity index is 1070. The zero-order valence-corrected chi connectivity index (χ0v) is 16.1. The van der Waals surface area contributed by atoms with Crippen LogP contribution in [0.15, 0.2) is 108 Å². The van der Waals surface area contributed by atoms with Crippen molar-refractivity contribution in [3.63, 3.8) is 0 Å². The van der Waals surface area contributed by atoms with Gasteiger partial charge < -0.3 is 15.1 Å². The molecule has 0 aliphatic heterocycles. The summed E-state index contributed by atoms with van der Waals surface area (Å²) in [5.41, 5.74) is 3.09. The third-order valence-corrected chi connectivity index (χ3v) is 4.68. The SMILES string of the molecule is O=C(Nc1ccc(NC(=O)C(c2ccccc2)c2ccccc2)cc1)c1ccco1. The van der Waals surface area contributed by atoms with E-state index in [1.807, 2.05) is 60.7 Å². The topological polar surface area (TPSA) is 71.3 Å². The van der Waals surface area contributed by atoms with E-state index in [0.29, 0.717) is 11.4 Å². The molecule has 0 atom stereocenters. The first kappa shape index (κ1) is 19.2. The molecule has 5 nitrogen and oxygen atoms in total. The van der Waals surface area contributed by atoms with Gasteiger partial charge >= 0.3 is 0 Å². The summed E-state index contributed by atoms with van der Waals surface area (Å²) in [6.45, 7) is 0. The number of nitrogens with one attached hydrogen (secondary N) is 2. The van der Waals surface area contributed by atoms with Gasteiger partial charge in [-0.15, -0.1) is 0 Å². The number of benzene rings is 3. The molecule has 0 fully saturated rings. The molecule has 0 saturated carbocycles. The Balaban J connectivity index is 1.49. The second-order valence-electron chi connectivity index (χ2n) is 6.75. The summed E-state index contributed by atoms with van der Waals surface area (Å²) in [4.78, 5) is 25.2. The fourth-order valence-corrected chi connectivity index (χ4v) is 3.24. The summed E-state index contributed by atoms with van der Waals surface area (Å²) in [7, 11) is 0. The molecule has 0 spiro atoms. The molecule has 148 valence electrons. The molecule has 1 aromatic heterocycles. The molecule has 0 unspecified atom stereocenters. The minimum Gasteiger partial charge on any atom is -0.459 e. The van der Waals surface area contributed by atoms with E-state index < -0.39 is 5.92 Å². The fraction of sp³-hybridized carbons (Fsp3) is 0.0400. The molecule has 1 heterocycles. The lowest BCUT2D eigenvalue weighted by Crippen LogP contribution is -2.22. The van der Waals surface area contributed by atoms with E-state index in [1.54, 1.807) is 36.4 Å². The Hall–Kier alpha value is -4.12. The number of rotatable bonds is 6. The molecule has 0 bridgehead atoms. The van der Waals surface area contributed by atoms with Gasteiger partial charge in [-0.3, -0.25) is 9.59 Å². The van der Waals surface area contributed by atoms with Crippen LogP contribution in [-0.2, 0) is 4.79 Å². The van der Waals surface area contributed by atoms with Crippen molar-refractivity contribution in [1.82, 2.24) is 0 Å². The summed E-state index contributed by atoms with van der Waals surface area (Å²) in [5.74, 6) is -0.642. The molecule has 2 N–H and O–H groups in total. The molecule has 2 amide bonds. The van der Waals surface area contributed by atoms with E-state index in [0.717, 1.165) is 11.1 Å². The third kappa shape index (κ3) is 4.47. The molecule has 30 heavy (non-hydrogen) atoms. The Morgan fingerprint density at radius 1 is 0.633 bits per heavy atom. The highest BCUT2D eigenvalue weighted by Gasteiger charge is 2.22. The van der Waals surface area contributed by atoms with Crippen molar-refractivity contribution in [2.75, 3.05) is 10.6 Å². The summed E-state index contributed by atoms with van der Waals surface area (Å²) in [6, 6.07) is 29.6. The third-order valence-electron chi connectivity index (χ3n) is 4.68. The van der Waals surface area contributed by atoms with Gasteiger partial charge in [0.25, 0.3) is 5.91 Å². The van der Waals surface area contributed by atoms with Gasteiger partial charge in [0.2, 0.25) is 5.91 Å². The number of hydrogen-bond donors (Lipinski definition) is 2. The van der Waals surface area contributed by atoms with Gasteiger partial charge in [-0.1, -0.05) is 60.7 Å². The standard InChI is InChI=1S/C25H20N2O3/c28-24(22-12-7-17-30-22)26-20-13-15-21(16-14-20)27-25(29)23(18-8-3-1-4-9-18)19-10-5-2-6-11-19/h1-17,23H,(H,26,28)(H,27,29). The average Bonchev–Trinajstić information content (AvgIpc) is 3.32. The second-order valence-corrected chi connectivity index (χ2v) is 6.75. The predicted octanol–water partition coefficient (Wildman–Crippen LogP) is 5.30. The van der Waals surface area contributed by atoms with Gasteiger partial charge in [0, 0.05) is 11.4 Å². The number of amides is 2. The summed E-state index contributed by atoms with van der Waals surface area (Å²) < 4.78 is 5.09. The van der Waals surface area contributed by atoms with E-state index in [9.17, 15) is 9.59 Å². The molecule has 4 rings (SSSR count). The highest BCUT2D eigenvalue weighted by molar-refractivity contribution is 6.02. The minimum absolute atomic E-state index is 0.125. The first-order valence-corrected chi connectivity index (χ1v) is 9.56. The second kappa shape index (κ2) is 8.92.